The molecule has 0 fully saturated rings. The average molecular weight is 309 g/mol. The van der Waals surface area contributed by atoms with E-state index in [9.17, 15) is 4.79 Å². The Labute approximate surface area is 137 Å². The highest BCUT2D eigenvalue weighted by molar-refractivity contribution is 5.76. The number of nitrogens with one attached hydrogen (secondary N) is 1. The number of carbonyl (C=O) groups excluding carboxylic acids is 1. The molecule has 0 aliphatic heterocycles. The maximum atomic E-state index is 12.1. The molecule has 4 nitrogen and oxygen atoms in total. The normalized spacial score (nSPS) is 16.9. The van der Waals surface area contributed by atoms with Gasteiger partial charge in [0.05, 0.1) is 6.04 Å². The molecule has 1 heterocycles. The Bertz CT molecular complexity index is 682. The average Bonchev–Trinajstić information content (AvgIpc) is 2.54. The first-order valence-corrected chi connectivity index (χ1v) is 8.34. The van der Waals surface area contributed by atoms with Gasteiger partial charge >= 0.3 is 0 Å². The molecule has 0 radical (unpaired) electrons. The number of aryl methyl sites for hydroxylation is 1. The van der Waals surface area contributed by atoms with Crippen LogP contribution in [0.1, 0.15) is 50.4 Å². The van der Waals surface area contributed by atoms with Crippen molar-refractivity contribution in [2.75, 3.05) is 0 Å². The van der Waals surface area contributed by atoms with Crippen LogP contribution in [-0.2, 0) is 11.2 Å². The van der Waals surface area contributed by atoms with Crippen molar-refractivity contribution in [3.8, 4) is 11.4 Å². The first kappa shape index (κ1) is 15.7. The molecule has 120 valence electrons. The van der Waals surface area contributed by atoms with Crippen LogP contribution in [0, 0.1) is 5.92 Å². The zero-order chi connectivity index (χ0) is 16.2. The number of benzene rings is 1. The van der Waals surface area contributed by atoms with Crippen LogP contribution in [0.4, 0.5) is 0 Å². The Morgan fingerprint density at radius 2 is 2.09 bits per heavy atom. The van der Waals surface area contributed by atoms with Gasteiger partial charge < -0.3 is 5.32 Å². The zero-order valence-electron chi connectivity index (χ0n) is 13.7. The lowest BCUT2D eigenvalue weighted by atomic mass is 9.92. The summed E-state index contributed by atoms with van der Waals surface area (Å²) in [5, 5.41) is 3.15. The number of nitrogens with zero attached hydrogens (tertiary/aromatic N) is 2. The molecule has 3 rings (SSSR count). The fourth-order valence-electron chi connectivity index (χ4n) is 3.05. The molecule has 4 heteroatoms. The van der Waals surface area contributed by atoms with Crippen molar-refractivity contribution in [1.82, 2.24) is 15.3 Å². The highest BCUT2D eigenvalue weighted by Crippen LogP contribution is 2.29. The van der Waals surface area contributed by atoms with Crippen LogP contribution in [0.15, 0.2) is 36.5 Å². The molecule has 1 N–H and O–H groups in total. The third kappa shape index (κ3) is 3.76. The minimum atomic E-state index is 0.0508. The number of amides is 1. The monoisotopic (exact) mass is 309 g/mol. The Kier molecular flexibility index (Phi) is 4.70. The van der Waals surface area contributed by atoms with Gasteiger partial charge in [-0.1, -0.05) is 44.2 Å². The fourth-order valence-corrected chi connectivity index (χ4v) is 3.05. The Hall–Kier alpha value is -2.23. The van der Waals surface area contributed by atoms with Gasteiger partial charge in [0.15, 0.2) is 5.82 Å². The molecule has 1 aromatic carbocycles. The van der Waals surface area contributed by atoms with Crippen molar-refractivity contribution < 1.29 is 4.79 Å². The number of carbonyl (C=O) groups is 1. The van der Waals surface area contributed by atoms with Crippen molar-refractivity contribution in [1.29, 1.82) is 0 Å². The van der Waals surface area contributed by atoms with Gasteiger partial charge in [-0.15, -0.1) is 0 Å². The van der Waals surface area contributed by atoms with Gasteiger partial charge in [-0.2, -0.15) is 0 Å². The van der Waals surface area contributed by atoms with Crippen molar-refractivity contribution in [3.63, 3.8) is 0 Å². The van der Waals surface area contributed by atoms with Crippen molar-refractivity contribution >= 4 is 5.91 Å². The molecule has 23 heavy (non-hydrogen) atoms. The van der Waals surface area contributed by atoms with E-state index in [0.717, 1.165) is 41.9 Å². The van der Waals surface area contributed by atoms with Crippen LogP contribution >= 0.6 is 0 Å². The topological polar surface area (TPSA) is 54.9 Å². The third-order valence-corrected chi connectivity index (χ3v) is 4.14. The summed E-state index contributed by atoms with van der Waals surface area (Å²) in [6.07, 6.45) is 5.42. The maximum absolute atomic E-state index is 12.1. The van der Waals surface area contributed by atoms with E-state index >= 15 is 0 Å². The number of aromatic nitrogens is 2. The van der Waals surface area contributed by atoms with E-state index in [1.165, 1.54) is 0 Å². The molecular formula is C19H23N3O. The Morgan fingerprint density at radius 3 is 2.83 bits per heavy atom. The maximum Gasteiger partial charge on any atom is 0.220 e. The highest BCUT2D eigenvalue weighted by atomic mass is 16.1. The van der Waals surface area contributed by atoms with E-state index in [1.807, 2.05) is 36.5 Å². The van der Waals surface area contributed by atoms with Gasteiger partial charge in [-0.25, -0.2) is 9.97 Å². The van der Waals surface area contributed by atoms with Crippen molar-refractivity contribution in [3.05, 3.63) is 47.8 Å². The molecule has 1 amide bonds. The lowest BCUT2D eigenvalue weighted by Crippen LogP contribution is -2.32. The van der Waals surface area contributed by atoms with Gasteiger partial charge in [0, 0.05) is 29.4 Å². The SMILES string of the molecule is CC(C)CC(=O)N[C@H]1CCCc2nc(-c3ccccc3)ncc21. The lowest BCUT2D eigenvalue weighted by molar-refractivity contribution is -0.122. The Balaban J connectivity index is 1.81. The Morgan fingerprint density at radius 1 is 1.30 bits per heavy atom. The first-order chi connectivity index (χ1) is 11.1. The fraction of sp³-hybridized carbons (Fsp3) is 0.421. The molecule has 2 aromatic rings. The summed E-state index contributed by atoms with van der Waals surface area (Å²) in [5.41, 5.74) is 3.18. The van der Waals surface area contributed by atoms with Crippen LogP contribution in [0.2, 0.25) is 0 Å². The summed E-state index contributed by atoms with van der Waals surface area (Å²) in [4.78, 5) is 21.3. The van der Waals surface area contributed by atoms with Crippen molar-refractivity contribution in [2.24, 2.45) is 5.92 Å². The lowest BCUT2D eigenvalue weighted by Gasteiger charge is -2.26. The van der Waals surface area contributed by atoms with E-state index in [0.29, 0.717) is 12.3 Å². The van der Waals surface area contributed by atoms with E-state index in [-0.39, 0.29) is 11.9 Å². The van der Waals surface area contributed by atoms with Crippen molar-refractivity contribution in [2.45, 2.75) is 45.6 Å². The molecule has 1 atom stereocenters. The molecule has 0 spiro atoms. The summed E-state index contributed by atoms with van der Waals surface area (Å²) < 4.78 is 0. The molecule has 0 saturated heterocycles. The van der Waals surface area contributed by atoms with Crippen LogP contribution in [-0.4, -0.2) is 15.9 Å². The van der Waals surface area contributed by atoms with Gasteiger partial charge in [0.25, 0.3) is 0 Å². The molecule has 1 aliphatic rings. The zero-order valence-corrected chi connectivity index (χ0v) is 13.7. The van der Waals surface area contributed by atoms with Crippen LogP contribution in [0.3, 0.4) is 0 Å². The van der Waals surface area contributed by atoms with E-state index in [1.54, 1.807) is 0 Å². The second-order valence-corrected chi connectivity index (χ2v) is 6.57. The summed E-state index contributed by atoms with van der Waals surface area (Å²) in [6, 6.07) is 10.1. The predicted molar refractivity (Wildman–Crippen MR) is 90.7 cm³/mol. The first-order valence-electron chi connectivity index (χ1n) is 8.34. The second-order valence-electron chi connectivity index (χ2n) is 6.57. The molecule has 1 aliphatic carbocycles. The highest BCUT2D eigenvalue weighted by Gasteiger charge is 2.24. The second kappa shape index (κ2) is 6.90. The van der Waals surface area contributed by atoms with E-state index in [4.69, 9.17) is 4.98 Å². The molecule has 1 aromatic heterocycles. The van der Waals surface area contributed by atoms with Gasteiger partial charge in [-0.05, 0) is 25.2 Å². The summed E-state index contributed by atoms with van der Waals surface area (Å²) in [5.74, 6) is 1.25. The number of fused-ring (bicyclic) bond motifs is 1. The third-order valence-electron chi connectivity index (χ3n) is 4.14. The minimum Gasteiger partial charge on any atom is -0.349 e. The number of hydrogen-bond acceptors (Lipinski definition) is 3. The van der Waals surface area contributed by atoms with E-state index in [2.05, 4.69) is 24.1 Å². The standard InChI is InChI=1S/C19H23N3O/c1-13(2)11-18(23)21-16-9-6-10-17-15(16)12-20-19(22-17)14-7-4-3-5-8-14/h3-5,7-8,12-13,16H,6,9-11H2,1-2H3,(H,21,23)/t16-/m0/s1. The van der Waals surface area contributed by atoms with Crippen LogP contribution in [0.5, 0.6) is 0 Å². The molecular weight excluding hydrogens is 286 g/mol. The smallest absolute Gasteiger partial charge is 0.220 e. The summed E-state index contributed by atoms with van der Waals surface area (Å²) in [6.45, 7) is 4.12. The van der Waals surface area contributed by atoms with E-state index < -0.39 is 0 Å². The number of hydrogen-bond donors (Lipinski definition) is 1. The predicted octanol–water partition coefficient (Wildman–Crippen LogP) is 3.68. The quantitative estimate of drug-likeness (QED) is 0.937. The van der Waals surface area contributed by atoms with Gasteiger partial charge in [0.2, 0.25) is 5.91 Å². The summed E-state index contributed by atoms with van der Waals surface area (Å²) >= 11 is 0. The van der Waals surface area contributed by atoms with Gasteiger partial charge in [-0.3, -0.25) is 4.79 Å². The largest absolute Gasteiger partial charge is 0.349 e. The molecule has 0 bridgehead atoms. The van der Waals surface area contributed by atoms with Crippen LogP contribution in [0.25, 0.3) is 11.4 Å². The van der Waals surface area contributed by atoms with Crippen LogP contribution < -0.4 is 5.32 Å². The minimum absolute atomic E-state index is 0.0508. The van der Waals surface area contributed by atoms with Gasteiger partial charge in [0.1, 0.15) is 0 Å². The molecule has 0 unspecified atom stereocenters. The number of rotatable bonds is 4. The summed E-state index contributed by atoms with van der Waals surface area (Å²) in [7, 11) is 0. The molecule has 0 saturated carbocycles.